The smallest absolute Gasteiger partial charge is 0.326 e. The Bertz CT molecular complexity index is 1120. The number of nitrogens with one attached hydrogen (secondary N) is 2. The Morgan fingerprint density at radius 2 is 2.00 bits per heavy atom. The highest BCUT2D eigenvalue weighted by atomic mass is 32.2. The zero-order valence-electron chi connectivity index (χ0n) is 14.2. The van der Waals surface area contributed by atoms with Crippen LogP contribution in [-0.4, -0.2) is 31.6 Å². The van der Waals surface area contributed by atoms with E-state index in [4.69, 9.17) is 4.74 Å². The lowest BCUT2D eigenvalue weighted by molar-refractivity contribution is 0.402. The Labute approximate surface area is 149 Å². The number of rotatable bonds is 6. The quantitative estimate of drug-likeness (QED) is 0.683. The zero-order chi connectivity index (χ0) is 18.9. The van der Waals surface area contributed by atoms with Gasteiger partial charge in [-0.05, 0) is 42.8 Å². The average Bonchev–Trinajstić information content (AvgIpc) is 2.89. The summed E-state index contributed by atoms with van der Waals surface area (Å²) in [5, 5.41) is 0. The Morgan fingerprint density at radius 1 is 1.23 bits per heavy atom. The van der Waals surface area contributed by atoms with Gasteiger partial charge in [0.25, 0.3) is 0 Å². The van der Waals surface area contributed by atoms with Crippen LogP contribution in [0.3, 0.4) is 0 Å². The Hall–Kier alpha value is -2.65. The number of aryl methyl sites for hydroxylation is 1. The van der Waals surface area contributed by atoms with Crippen LogP contribution in [0.4, 0.5) is 4.39 Å². The summed E-state index contributed by atoms with van der Waals surface area (Å²) in [6, 6.07) is 8.79. The summed E-state index contributed by atoms with van der Waals surface area (Å²) in [6.45, 7) is 1.87. The van der Waals surface area contributed by atoms with E-state index in [1.807, 2.05) is 0 Å². The predicted octanol–water partition coefficient (Wildman–Crippen LogP) is 1.76. The van der Waals surface area contributed by atoms with Gasteiger partial charge in [0.15, 0.2) is 0 Å². The first kappa shape index (κ1) is 18.2. The Balaban J connectivity index is 1.81. The highest BCUT2D eigenvalue weighted by molar-refractivity contribution is 7.89. The molecule has 1 aromatic heterocycles. The van der Waals surface area contributed by atoms with Crippen molar-refractivity contribution in [2.75, 3.05) is 13.7 Å². The summed E-state index contributed by atoms with van der Waals surface area (Å²) in [6.07, 6.45) is 0. The van der Waals surface area contributed by atoms with Gasteiger partial charge in [-0.15, -0.1) is 0 Å². The Kier molecular flexibility index (Phi) is 4.84. The molecule has 0 unspecified atom stereocenters. The van der Waals surface area contributed by atoms with Gasteiger partial charge in [-0.25, -0.2) is 22.3 Å². The molecule has 9 heteroatoms. The van der Waals surface area contributed by atoms with Crippen LogP contribution in [0.15, 0.2) is 46.1 Å². The molecule has 2 aromatic carbocycles. The zero-order valence-corrected chi connectivity index (χ0v) is 15.1. The lowest BCUT2D eigenvalue weighted by Crippen LogP contribution is -2.30. The maximum atomic E-state index is 13.2. The van der Waals surface area contributed by atoms with Crippen molar-refractivity contribution in [2.45, 2.75) is 18.4 Å². The van der Waals surface area contributed by atoms with Crippen molar-refractivity contribution < 1.29 is 17.5 Å². The van der Waals surface area contributed by atoms with E-state index >= 15 is 0 Å². The molecule has 0 saturated carbocycles. The van der Waals surface area contributed by atoms with Crippen LogP contribution in [0.1, 0.15) is 5.56 Å². The predicted molar refractivity (Wildman–Crippen MR) is 95.4 cm³/mol. The molecule has 1 heterocycles. The van der Waals surface area contributed by atoms with E-state index in [9.17, 15) is 17.6 Å². The molecule has 0 spiro atoms. The van der Waals surface area contributed by atoms with Crippen LogP contribution in [0.5, 0.6) is 5.75 Å². The molecular formula is C17H18FN3O4S. The van der Waals surface area contributed by atoms with E-state index < -0.39 is 21.5 Å². The van der Waals surface area contributed by atoms with Gasteiger partial charge in [0.2, 0.25) is 10.0 Å². The van der Waals surface area contributed by atoms with Crippen LogP contribution >= 0.6 is 0 Å². The molecule has 0 aliphatic carbocycles. The largest absolute Gasteiger partial charge is 0.495 e. The van der Waals surface area contributed by atoms with E-state index in [1.165, 1.54) is 35.9 Å². The molecule has 0 radical (unpaired) electrons. The van der Waals surface area contributed by atoms with E-state index in [2.05, 4.69) is 9.71 Å². The lowest BCUT2D eigenvalue weighted by Gasteiger charge is -2.12. The molecule has 2 N–H and O–H groups in total. The number of aromatic nitrogens is 2. The van der Waals surface area contributed by atoms with Crippen LogP contribution in [-0.2, 0) is 16.6 Å². The maximum absolute atomic E-state index is 13.2. The number of fused-ring (bicyclic) bond motifs is 1. The highest BCUT2D eigenvalue weighted by Gasteiger charge is 2.19. The molecule has 3 aromatic rings. The molecule has 7 nitrogen and oxygen atoms in total. The fourth-order valence-corrected chi connectivity index (χ4v) is 3.99. The van der Waals surface area contributed by atoms with E-state index in [0.717, 1.165) is 5.56 Å². The van der Waals surface area contributed by atoms with Crippen LogP contribution in [0, 0.1) is 12.7 Å². The minimum atomic E-state index is -3.81. The normalized spacial score (nSPS) is 11.8. The number of aromatic amines is 1. The molecule has 26 heavy (non-hydrogen) atoms. The van der Waals surface area contributed by atoms with Crippen molar-refractivity contribution in [3.8, 4) is 5.75 Å². The van der Waals surface area contributed by atoms with Gasteiger partial charge < -0.3 is 9.72 Å². The van der Waals surface area contributed by atoms with Crippen LogP contribution in [0.25, 0.3) is 11.0 Å². The molecule has 0 amide bonds. The molecule has 0 fully saturated rings. The topological polar surface area (TPSA) is 93.2 Å². The first-order chi connectivity index (χ1) is 12.3. The van der Waals surface area contributed by atoms with Crippen molar-refractivity contribution in [3.63, 3.8) is 0 Å². The van der Waals surface area contributed by atoms with Gasteiger partial charge >= 0.3 is 5.69 Å². The van der Waals surface area contributed by atoms with E-state index in [1.54, 1.807) is 19.1 Å². The summed E-state index contributed by atoms with van der Waals surface area (Å²) >= 11 is 0. The summed E-state index contributed by atoms with van der Waals surface area (Å²) < 4.78 is 47.3. The standard InChI is InChI=1S/C17H18FN3O4S/c1-11-3-6-15(25-2)16(9-11)26(23,24)19-7-8-21-14-5-4-12(18)10-13(14)20-17(21)22/h3-6,9-10,19H,7-8H2,1-2H3,(H,20,22). The number of H-pyrrole nitrogens is 1. The van der Waals surface area contributed by atoms with E-state index in [0.29, 0.717) is 11.0 Å². The second kappa shape index (κ2) is 6.93. The second-order valence-electron chi connectivity index (χ2n) is 5.80. The summed E-state index contributed by atoms with van der Waals surface area (Å²) in [4.78, 5) is 14.6. The Morgan fingerprint density at radius 3 is 2.73 bits per heavy atom. The number of sulfonamides is 1. The fourth-order valence-electron chi connectivity index (χ4n) is 2.72. The van der Waals surface area contributed by atoms with Gasteiger partial charge in [0.1, 0.15) is 16.5 Å². The van der Waals surface area contributed by atoms with Crippen molar-refractivity contribution in [3.05, 3.63) is 58.3 Å². The average molecular weight is 379 g/mol. The van der Waals surface area contributed by atoms with Gasteiger partial charge in [-0.3, -0.25) is 4.57 Å². The third-order valence-corrected chi connectivity index (χ3v) is 5.45. The summed E-state index contributed by atoms with van der Waals surface area (Å²) in [5.74, 6) is -0.221. The lowest BCUT2D eigenvalue weighted by atomic mass is 10.2. The molecule has 138 valence electrons. The molecule has 0 saturated heterocycles. The minimum Gasteiger partial charge on any atom is -0.495 e. The number of hydrogen-bond acceptors (Lipinski definition) is 4. The number of hydrogen-bond donors (Lipinski definition) is 2. The van der Waals surface area contributed by atoms with Crippen LogP contribution < -0.4 is 15.1 Å². The second-order valence-corrected chi connectivity index (χ2v) is 7.53. The molecular weight excluding hydrogens is 361 g/mol. The first-order valence-corrected chi connectivity index (χ1v) is 9.32. The fraction of sp³-hybridized carbons (Fsp3) is 0.235. The van der Waals surface area contributed by atoms with E-state index in [-0.39, 0.29) is 23.7 Å². The molecule has 0 atom stereocenters. The maximum Gasteiger partial charge on any atom is 0.326 e. The van der Waals surface area contributed by atoms with Gasteiger partial charge in [0.05, 0.1) is 18.1 Å². The van der Waals surface area contributed by atoms with Gasteiger partial charge in [-0.1, -0.05) is 6.07 Å². The summed E-state index contributed by atoms with van der Waals surface area (Å²) in [5.41, 5.74) is 1.21. The van der Waals surface area contributed by atoms with Crippen molar-refractivity contribution in [1.29, 1.82) is 0 Å². The molecule has 0 bridgehead atoms. The third kappa shape index (κ3) is 3.49. The monoisotopic (exact) mass is 379 g/mol. The van der Waals surface area contributed by atoms with Gasteiger partial charge in [-0.2, -0.15) is 0 Å². The first-order valence-electron chi connectivity index (χ1n) is 7.84. The van der Waals surface area contributed by atoms with Crippen molar-refractivity contribution >= 4 is 21.1 Å². The number of halogens is 1. The number of ether oxygens (including phenoxy) is 1. The SMILES string of the molecule is COc1ccc(C)cc1S(=O)(=O)NCCn1c(=O)[nH]c2cc(F)ccc21. The minimum absolute atomic E-state index is 0.0103. The van der Waals surface area contributed by atoms with Gasteiger partial charge in [0, 0.05) is 13.1 Å². The number of imidazole rings is 1. The molecule has 0 aliphatic heterocycles. The number of methoxy groups -OCH3 is 1. The summed E-state index contributed by atoms with van der Waals surface area (Å²) in [7, 11) is -2.42. The molecule has 0 aliphatic rings. The molecule has 3 rings (SSSR count). The van der Waals surface area contributed by atoms with Crippen molar-refractivity contribution in [1.82, 2.24) is 14.3 Å². The highest BCUT2D eigenvalue weighted by Crippen LogP contribution is 2.24. The number of benzene rings is 2. The van der Waals surface area contributed by atoms with Crippen molar-refractivity contribution in [2.24, 2.45) is 0 Å². The number of nitrogens with zero attached hydrogens (tertiary/aromatic N) is 1. The van der Waals surface area contributed by atoms with Crippen LogP contribution in [0.2, 0.25) is 0 Å². The third-order valence-electron chi connectivity index (χ3n) is 3.97.